The molecule has 1 heterocycles. The van der Waals surface area contributed by atoms with Crippen LogP contribution in [-0.2, 0) is 22.8 Å². The maximum absolute atomic E-state index is 11.5. The van der Waals surface area contributed by atoms with Crippen molar-refractivity contribution in [2.45, 2.75) is 17.9 Å². The lowest BCUT2D eigenvalue weighted by Gasteiger charge is -2.11. The quantitative estimate of drug-likeness (QED) is 0.274. The van der Waals surface area contributed by atoms with Gasteiger partial charge in [0.05, 0.1) is 16.8 Å². The molecule has 30 heavy (non-hydrogen) atoms. The molecule has 0 unspecified atom stereocenters. The lowest BCUT2D eigenvalue weighted by molar-refractivity contribution is 0.602. The zero-order valence-corrected chi connectivity index (χ0v) is 20.1. The van der Waals surface area contributed by atoms with Gasteiger partial charge in [-0.1, -0.05) is 30.3 Å². The topological polar surface area (TPSA) is 88.4 Å². The highest BCUT2D eigenvalue weighted by Gasteiger charge is 2.06. The number of para-hydroxylation sites is 1. The number of nitrogens with zero attached hydrogens (tertiary/aromatic N) is 3. The second kappa shape index (κ2) is 11.1. The van der Waals surface area contributed by atoms with Gasteiger partial charge in [-0.3, -0.25) is 4.99 Å². The molecular weight excluding hydrogens is 513 g/mol. The van der Waals surface area contributed by atoms with E-state index in [1.54, 1.807) is 19.2 Å². The van der Waals surface area contributed by atoms with Gasteiger partial charge in [0.2, 0.25) is 0 Å². The van der Waals surface area contributed by atoms with Gasteiger partial charge in [0, 0.05) is 38.2 Å². The summed E-state index contributed by atoms with van der Waals surface area (Å²) in [5.74, 6) is 0.699. The lowest BCUT2D eigenvalue weighted by atomic mass is 10.1. The van der Waals surface area contributed by atoms with E-state index in [0.29, 0.717) is 23.9 Å². The fourth-order valence-corrected chi connectivity index (χ4v) is 3.44. The minimum atomic E-state index is -3.16. The highest BCUT2D eigenvalue weighted by Crippen LogP contribution is 2.10. The van der Waals surface area contributed by atoms with Gasteiger partial charge in [-0.05, 0) is 36.2 Å². The van der Waals surface area contributed by atoms with Crippen LogP contribution in [0.4, 0.5) is 0 Å². The predicted octanol–water partition coefficient (Wildman–Crippen LogP) is 2.80. The zero-order valence-electron chi connectivity index (χ0n) is 16.9. The zero-order chi connectivity index (χ0) is 20.7. The van der Waals surface area contributed by atoms with Crippen LogP contribution in [0.3, 0.4) is 0 Å². The van der Waals surface area contributed by atoms with E-state index in [1.807, 2.05) is 59.5 Å². The van der Waals surface area contributed by atoms with E-state index >= 15 is 0 Å². The van der Waals surface area contributed by atoms with Gasteiger partial charge in [0.1, 0.15) is 0 Å². The number of rotatable bonds is 7. The molecule has 160 valence electrons. The Morgan fingerprint density at radius 1 is 1.03 bits per heavy atom. The third kappa shape index (κ3) is 6.84. The summed E-state index contributed by atoms with van der Waals surface area (Å²) >= 11 is 0. The molecule has 3 rings (SSSR count). The van der Waals surface area contributed by atoms with E-state index in [2.05, 4.69) is 20.7 Å². The Morgan fingerprint density at radius 2 is 1.73 bits per heavy atom. The highest BCUT2D eigenvalue weighted by molar-refractivity contribution is 14.0. The molecule has 0 aliphatic rings. The Bertz CT molecular complexity index is 1060. The van der Waals surface area contributed by atoms with Crippen molar-refractivity contribution in [1.29, 1.82) is 0 Å². The molecular formula is C21H26IN5O2S. The summed E-state index contributed by atoms with van der Waals surface area (Å²) in [7, 11) is -1.43. The first kappa shape index (κ1) is 23.9. The molecule has 0 bridgehead atoms. The summed E-state index contributed by atoms with van der Waals surface area (Å²) in [5, 5.41) is 10.9. The molecule has 0 aliphatic heterocycles. The van der Waals surface area contributed by atoms with Gasteiger partial charge in [0.15, 0.2) is 15.8 Å². The van der Waals surface area contributed by atoms with Gasteiger partial charge in [-0.15, -0.1) is 24.0 Å². The summed E-state index contributed by atoms with van der Waals surface area (Å²) in [5.41, 5.74) is 3.13. The van der Waals surface area contributed by atoms with Crippen molar-refractivity contribution < 1.29 is 8.42 Å². The van der Waals surface area contributed by atoms with E-state index in [1.165, 1.54) is 6.26 Å². The minimum absolute atomic E-state index is 0. The molecule has 0 fully saturated rings. The number of sulfone groups is 1. The van der Waals surface area contributed by atoms with Gasteiger partial charge in [-0.25, -0.2) is 13.1 Å². The fourth-order valence-electron chi connectivity index (χ4n) is 2.81. The number of halogens is 1. The van der Waals surface area contributed by atoms with Crippen LogP contribution in [0.2, 0.25) is 0 Å². The molecule has 3 aromatic rings. The number of nitrogens with one attached hydrogen (secondary N) is 2. The molecule has 0 spiro atoms. The molecule has 0 amide bonds. The normalized spacial score (nSPS) is 11.6. The maximum Gasteiger partial charge on any atom is 0.191 e. The molecule has 0 saturated carbocycles. The van der Waals surface area contributed by atoms with Crippen LogP contribution in [0.5, 0.6) is 0 Å². The number of aliphatic imine (C=N–C) groups is 1. The number of aromatic nitrogens is 2. The molecule has 0 saturated heterocycles. The Balaban J connectivity index is 0.00000320. The third-order valence-corrected chi connectivity index (χ3v) is 5.53. The molecule has 0 atom stereocenters. The maximum atomic E-state index is 11.5. The van der Waals surface area contributed by atoms with Crippen LogP contribution in [0.1, 0.15) is 11.1 Å². The van der Waals surface area contributed by atoms with Crippen LogP contribution in [0.15, 0.2) is 76.9 Å². The van der Waals surface area contributed by atoms with Crippen LogP contribution < -0.4 is 10.6 Å². The largest absolute Gasteiger partial charge is 0.356 e. The summed E-state index contributed by atoms with van der Waals surface area (Å²) < 4.78 is 24.9. The molecule has 9 heteroatoms. The van der Waals surface area contributed by atoms with E-state index in [9.17, 15) is 8.42 Å². The van der Waals surface area contributed by atoms with Crippen molar-refractivity contribution >= 4 is 39.8 Å². The summed E-state index contributed by atoms with van der Waals surface area (Å²) in [6, 6.07) is 16.9. The van der Waals surface area contributed by atoms with Gasteiger partial charge in [-0.2, -0.15) is 5.10 Å². The van der Waals surface area contributed by atoms with Crippen LogP contribution in [-0.4, -0.2) is 44.0 Å². The predicted molar refractivity (Wildman–Crippen MR) is 130 cm³/mol. The number of hydrogen-bond acceptors (Lipinski definition) is 4. The Labute approximate surface area is 194 Å². The first-order chi connectivity index (χ1) is 14.0. The van der Waals surface area contributed by atoms with E-state index < -0.39 is 9.84 Å². The Morgan fingerprint density at radius 3 is 2.37 bits per heavy atom. The van der Waals surface area contributed by atoms with E-state index in [0.717, 1.165) is 23.2 Å². The molecule has 1 aromatic heterocycles. The average molecular weight is 539 g/mol. The van der Waals surface area contributed by atoms with Crippen LogP contribution >= 0.6 is 24.0 Å². The summed E-state index contributed by atoms with van der Waals surface area (Å²) in [4.78, 5) is 4.57. The van der Waals surface area contributed by atoms with Crippen molar-refractivity contribution in [3.63, 3.8) is 0 Å². The van der Waals surface area contributed by atoms with Crippen LogP contribution in [0.25, 0.3) is 5.69 Å². The molecule has 0 radical (unpaired) electrons. The van der Waals surface area contributed by atoms with E-state index in [-0.39, 0.29) is 24.0 Å². The number of hydrogen-bond donors (Lipinski definition) is 2. The monoisotopic (exact) mass is 539 g/mol. The standard InChI is InChI=1S/C21H25N5O2S.HI/c1-22-21(23-13-12-17-8-10-20(11-9-17)29(2,27)28)24-14-18-15-25-26(16-18)19-6-4-3-5-7-19;/h3-11,15-16H,12-14H2,1-2H3,(H2,22,23,24);1H. The lowest BCUT2D eigenvalue weighted by Crippen LogP contribution is -2.37. The van der Waals surface area contributed by atoms with Crippen molar-refractivity contribution in [2.75, 3.05) is 19.8 Å². The first-order valence-electron chi connectivity index (χ1n) is 9.28. The first-order valence-corrected chi connectivity index (χ1v) is 11.2. The molecule has 2 aromatic carbocycles. The Kier molecular flexibility index (Phi) is 8.85. The second-order valence-electron chi connectivity index (χ2n) is 6.65. The Hall–Kier alpha value is -2.40. The average Bonchev–Trinajstić information content (AvgIpc) is 3.20. The second-order valence-corrected chi connectivity index (χ2v) is 8.66. The third-order valence-electron chi connectivity index (χ3n) is 4.40. The van der Waals surface area contributed by atoms with Crippen molar-refractivity contribution in [2.24, 2.45) is 4.99 Å². The fraction of sp³-hybridized carbons (Fsp3) is 0.238. The van der Waals surface area contributed by atoms with Crippen LogP contribution in [0, 0.1) is 0 Å². The number of guanidine groups is 1. The van der Waals surface area contributed by atoms with Gasteiger partial charge < -0.3 is 10.6 Å². The highest BCUT2D eigenvalue weighted by atomic mass is 127. The molecule has 0 aliphatic carbocycles. The van der Waals surface area contributed by atoms with Crippen molar-refractivity contribution in [3.8, 4) is 5.69 Å². The molecule has 7 nitrogen and oxygen atoms in total. The van der Waals surface area contributed by atoms with Gasteiger partial charge >= 0.3 is 0 Å². The smallest absolute Gasteiger partial charge is 0.191 e. The minimum Gasteiger partial charge on any atom is -0.356 e. The number of benzene rings is 2. The van der Waals surface area contributed by atoms with Crippen molar-refractivity contribution in [1.82, 2.24) is 20.4 Å². The SMILES string of the molecule is CN=C(NCCc1ccc(S(C)(=O)=O)cc1)NCc1cnn(-c2ccccc2)c1.I. The van der Waals surface area contributed by atoms with E-state index in [4.69, 9.17) is 0 Å². The summed E-state index contributed by atoms with van der Waals surface area (Å²) in [6.45, 7) is 1.29. The van der Waals surface area contributed by atoms with Crippen molar-refractivity contribution in [3.05, 3.63) is 78.1 Å². The summed E-state index contributed by atoms with van der Waals surface area (Å²) in [6.07, 6.45) is 5.79. The molecule has 2 N–H and O–H groups in total. The van der Waals surface area contributed by atoms with Gasteiger partial charge in [0.25, 0.3) is 0 Å².